The van der Waals surface area contributed by atoms with Crippen LogP contribution in [0.5, 0.6) is 0 Å². The summed E-state index contributed by atoms with van der Waals surface area (Å²) in [5, 5.41) is 0. The van der Waals surface area contributed by atoms with E-state index in [1.54, 1.807) is 18.5 Å². The summed E-state index contributed by atoms with van der Waals surface area (Å²) < 4.78 is 25.9. The Bertz CT molecular complexity index is 521. The molecule has 0 fully saturated rings. The predicted octanol–water partition coefficient (Wildman–Crippen LogP) is 3.33. The lowest BCUT2D eigenvalue weighted by Crippen LogP contribution is -1.99. The number of halogens is 4. The number of hydrogen-bond acceptors (Lipinski definition) is 2. The van der Waals surface area contributed by atoms with Gasteiger partial charge in [-0.15, -0.1) is 24.8 Å². The first-order valence-corrected chi connectivity index (χ1v) is 4.80. The van der Waals surface area contributed by atoms with Crippen molar-refractivity contribution in [1.82, 2.24) is 4.98 Å². The summed E-state index contributed by atoms with van der Waals surface area (Å²) >= 11 is 0. The third-order valence-corrected chi connectivity index (χ3v) is 2.35. The van der Waals surface area contributed by atoms with E-state index in [-0.39, 0.29) is 24.8 Å². The topological polar surface area (TPSA) is 38.9 Å². The molecule has 2 aromatic rings. The monoisotopic (exact) mass is 292 g/mol. The van der Waals surface area contributed by atoms with Crippen molar-refractivity contribution in [3.8, 4) is 11.1 Å². The van der Waals surface area contributed by atoms with Crippen LogP contribution in [0.15, 0.2) is 36.7 Å². The minimum absolute atomic E-state index is 0. The van der Waals surface area contributed by atoms with Crippen molar-refractivity contribution >= 4 is 24.8 Å². The Hall–Kier alpha value is -1.23. The molecule has 0 aliphatic carbocycles. The van der Waals surface area contributed by atoms with Gasteiger partial charge in [0.1, 0.15) is 0 Å². The normalized spacial score (nSPS) is 9.28. The second kappa shape index (κ2) is 7.26. The van der Waals surface area contributed by atoms with Crippen molar-refractivity contribution in [1.29, 1.82) is 0 Å². The van der Waals surface area contributed by atoms with Gasteiger partial charge in [-0.05, 0) is 34.9 Å². The zero-order valence-electron chi connectivity index (χ0n) is 9.27. The van der Waals surface area contributed by atoms with Crippen LogP contribution in [-0.2, 0) is 6.54 Å². The van der Waals surface area contributed by atoms with Gasteiger partial charge in [0, 0.05) is 18.9 Å². The lowest BCUT2D eigenvalue weighted by Gasteiger charge is -2.07. The Morgan fingerprint density at radius 3 is 2.39 bits per heavy atom. The van der Waals surface area contributed by atoms with E-state index in [0.717, 1.165) is 23.3 Å². The molecule has 18 heavy (non-hydrogen) atoms. The minimum atomic E-state index is -0.864. The maximum absolute atomic E-state index is 13.1. The highest BCUT2D eigenvalue weighted by Gasteiger charge is 2.07. The Labute approximate surface area is 116 Å². The van der Waals surface area contributed by atoms with E-state index < -0.39 is 11.6 Å². The second-order valence-corrected chi connectivity index (χ2v) is 3.37. The molecule has 0 atom stereocenters. The summed E-state index contributed by atoms with van der Waals surface area (Å²) in [4.78, 5) is 3.93. The molecule has 0 saturated heterocycles. The number of pyridine rings is 1. The van der Waals surface area contributed by atoms with E-state index in [1.165, 1.54) is 6.07 Å². The second-order valence-electron chi connectivity index (χ2n) is 3.37. The van der Waals surface area contributed by atoms with Crippen molar-refractivity contribution in [2.75, 3.05) is 0 Å². The van der Waals surface area contributed by atoms with E-state index in [1.807, 2.05) is 0 Å². The van der Waals surface area contributed by atoms with Crippen LogP contribution in [0.4, 0.5) is 8.78 Å². The van der Waals surface area contributed by atoms with Gasteiger partial charge in [-0.2, -0.15) is 0 Å². The van der Waals surface area contributed by atoms with Gasteiger partial charge in [-0.1, -0.05) is 6.07 Å². The molecule has 1 heterocycles. The fourth-order valence-electron chi connectivity index (χ4n) is 1.54. The van der Waals surface area contributed by atoms with Crippen molar-refractivity contribution < 1.29 is 8.78 Å². The summed E-state index contributed by atoms with van der Waals surface area (Å²) in [6.07, 6.45) is 3.21. The Morgan fingerprint density at radius 1 is 1.06 bits per heavy atom. The van der Waals surface area contributed by atoms with Gasteiger partial charge in [0.2, 0.25) is 0 Å². The van der Waals surface area contributed by atoms with Crippen molar-refractivity contribution in [2.45, 2.75) is 6.54 Å². The van der Waals surface area contributed by atoms with Gasteiger partial charge in [-0.25, -0.2) is 8.78 Å². The average Bonchev–Trinajstić information content (AvgIpc) is 2.32. The molecule has 1 aromatic carbocycles. The summed E-state index contributed by atoms with van der Waals surface area (Å²) in [5.41, 5.74) is 7.72. The van der Waals surface area contributed by atoms with Crippen molar-refractivity contribution in [3.05, 3.63) is 53.9 Å². The lowest BCUT2D eigenvalue weighted by atomic mass is 10.0. The van der Waals surface area contributed by atoms with Crippen LogP contribution >= 0.6 is 24.8 Å². The molecule has 0 amide bonds. The standard InChI is InChI=1S/C12H10F2N2.2ClH/c13-11-2-1-8(5-12(11)14)10-3-4-16-7-9(10)6-15;;/h1-5,7H,6,15H2;2*1H. The first kappa shape index (κ1) is 16.8. The molecule has 0 bridgehead atoms. The number of aromatic nitrogens is 1. The van der Waals surface area contributed by atoms with Crippen molar-refractivity contribution in [3.63, 3.8) is 0 Å². The van der Waals surface area contributed by atoms with Crippen LogP contribution in [0.3, 0.4) is 0 Å². The molecule has 2 rings (SSSR count). The number of nitrogens with zero attached hydrogens (tertiary/aromatic N) is 1. The smallest absolute Gasteiger partial charge is 0.159 e. The SMILES string of the molecule is Cl.Cl.NCc1cnccc1-c1ccc(F)c(F)c1. The highest BCUT2D eigenvalue weighted by molar-refractivity contribution is 5.85. The highest BCUT2D eigenvalue weighted by Crippen LogP contribution is 2.24. The molecule has 0 unspecified atom stereocenters. The van der Waals surface area contributed by atoms with Gasteiger partial charge in [0.05, 0.1) is 0 Å². The number of nitrogens with two attached hydrogens (primary N) is 1. The molecule has 0 radical (unpaired) electrons. The maximum Gasteiger partial charge on any atom is 0.159 e. The Morgan fingerprint density at radius 2 is 1.78 bits per heavy atom. The van der Waals surface area contributed by atoms with Crippen LogP contribution < -0.4 is 5.73 Å². The fraction of sp³-hybridized carbons (Fsp3) is 0.0833. The predicted molar refractivity (Wildman–Crippen MR) is 72.0 cm³/mol. The molecule has 6 heteroatoms. The van der Waals surface area contributed by atoms with E-state index in [9.17, 15) is 8.78 Å². The van der Waals surface area contributed by atoms with Crippen LogP contribution in [0.2, 0.25) is 0 Å². The van der Waals surface area contributed by atoms with Crippen LogP contribution in [-0.4, -0.2) is 4.98 Å². The first-order chi connectivity index (χ1) is 7.72. The number of rotatable bonds is 2. The number of hydrogen-bond donors (Lipinski definition) is 1. The zero-order chi connectivity index (χ0) is 11.5. The summed E-state index contributed by atoms with van der Waals surface area (Å²) in [6, 6.07) is 5.51. The minimum Gasteiger partial charge on any atom is -0.326 e. The van der Waals surface area contributed by atoms with Gasteiger partial charge in [-0.3, -0.25) is 4.98 Å². The molecule has 1 aromatic heterocycles. The van der Waals surface area contributed by atoms with Crippen LogP contribution in [0, 0.1) is 11.6 Å². The average molecular weight is 293 g/mol. The Kier molecular flexibility index (Phi) is 6.76. The van der Waals surface area contributed by atoms with Crippen LogP contribution in [0.1, 0.15) is 5.56 Å². The molecular weight excluding hydrogens is 281 g/mol. The molecule has 0 aliphatic heterocycles. The number of benzene rings is 1. The molecule has 0 spiro atoms. The van der Waals surface area contributed by atoms with E-state index in [4.69, 9.17) is 5.73 Å². The van der Waals surface area contributed by atoms with E-state index in [0.29, 0.717) is 12.1 Å². The highest BCUT2D eigenvalue weighted by atomic mass is 35.5. The lowest BCUT2D eigenvalue weighted by molar-refractivity contribution is 0.509. The third-order valence-electron chi connectivity index (χ3n) is 2.35. The van der Waals surface area contributed by atoms with E-state index >= 15 is 0 Å². The van der Waals surface area contributed by atoms with E-state index in [2.05, 4.69) is 4.98 Å². The molecule has 0 aliphatic rings. The largest absolute Gasteiger partial charge is 0.326 e. The fourth-order valence-corrected chi connectivity index (χ4v) is 1.54. The Balaban J connectivity index is 0.00000144. The van der Waals surface area contributed by atoms with Gasteiger partial charge >= 0.3 is 0 Å². The van der Waals surface area contributed by atoms with Crippen LogP contribution in [0.25, 0.3) is 11.1 Å². The quantitative estimate of drug-likeness (QED) is 0.922. The third kappa shape index (κ3) is 3.38. The summed E-state index contributed by atoms with van der Waals surface area (Å²) in [5.74, 6) is -1.72. The zero-order valence-corrected chi connectivity index (χ0v) is 10.9. The van der Waals surface area contributed by atoms with Gasteiger partial charge < -0.3 is 5.73 Å². The van der Waals surface area contributed by atoms with Gasteiger partial charge in [0.25, 0.3) is 0 Å². The molecular formula is C12H12Cl2F2N2. The first-order valence-electron chi connectivity index (χ1n) is 4.80. The molecule has 2 nitrogen and oxygen atoms in total. The summed E-state index contributed by atoms with van der Waals surface area (Å²) in [6.45, 7) is 0.308. The molecule has 0 saturated carbocycles. The van der Waals surface area contributed by atoms with Crippen molar-refractivity contribution in [2.24, 2.45) is 5.73 Å². The maximum atomic E-state index is 13.1. The summed E-state index contributed by atoms with van der Waals surface area (Å²) in [7, 11) is 0. The molecule has 98 valence electrons. The molecule has 2 N–H and O–H groups in total. The van der Waals surface area contributed by atoms with Gasteiger partial charge in [0.15, 0.2) is 11.6 Å².